The number of benzene rings is 1. The molecule has 16 heavy (non-hydrogen) atoms. The van der Waals surface area contributed by atoms with E-state index in [9.17, 15) is 4.39 Å². The molecule has 0 saturated heterocycles. The van der Waals surface area contributed by atoms with Crippen LogP contribution in [-0.2, 0) is 0 Å². The van der Waals surface area contributed by atoms with E-state index in [1.807, 2.05) is 0 Å². The summed E-state index contributed by atoms with van der Waals surface area (Å²) in [5.41, 5.74) is 6.09. The second kappa shape index (κ2) is 4.67. The maximum absolute atomic E-state index is 12.9. The zero-order valence-electron chi connectivity index (χ0n) is 8.02. The smallest absolute Gasteiger partial charge is 0.223 e. The van der Waals surface area contributed by atoms with Gasteiger partial charge in [0.2, 0.25) is 5.28 Å². The summed E-state index contributed by atoms with van der Waals surface area (Å²) >= 11 is 6.89. The van der Waals surface area contributed by atoms with Gasteiger partial charge >= 0.3 is 0 Å². The summed E-state index contributed by atoms with van der Waals surface area (Å²) in [6.07, 6.45) is 1.43. The summed E-state index contributed by atoms with van der Waals surface area (Å²) in [6.45, 7) is 0. The Bertz CT molecular complexity index is 521. The Labute approximate surface area is 101 Å². The lowest BCUT2D eigenvalue weighted by molar-refractivity contribution is 0.624. The van der Waals surface area contributed by atoms with Crippen LogP contribution in [0, 0.1) is 5.82 Å². The molecule has 0 saturated carbocycles. The minimum absolute atomic E-state index is 0.119. The molecule has 3 nitrogen and oxygen atoms in total. The number of anilines is 1. The van der Waals surface area contributed by atoms with E-state index in [0.29, 0.717) is 15.6 Å². The van der Waals surface area contributed by atoms with E-state index < -0.39 is 0 Å². The van der Waals surface area contributed by atoms with Crippen molar-refractivity contribution in [2.24, 2.45) is 0 Å². The average molecular weight is 256 g/mol. The van der Waals surface area contributed by atoms with Crippen LogP contribution in [0.5, 0.6) is 0 Å². The van der Waals surface area contributed by atoms with Crippen molar-refractivity contribution in [1.82, 2.24) is 9.97 Å². The highest BCUT2D eigenvalue weighted by atomic mass is 35.5. The predicted molar refractivity (Wildman–Crippen MR) is 62.0 cm³/mol. The molecule has 1 aromatic carbocycles. The molecule has 2 aromatic rings. The molecule has 1 aromatic heterocycles. The third-order valence-electron chi connectivity index (χ3n) is 1.76. The van der Waals surface area contributed by atoms with E-state index in [2.05, 4.69) is 9.97 Å². The lowest BCUT2D eigenvalue weighted by Gasteiger charge is -2.03. The number of nitrogens with two attached hydrogens (primary N) is 1. The predicted octanol–water partition coefficient (Wildman–Crippen LogP) is 3.00. The molecule has 0 bridgehead atoms. The van der Waals surface area contributed by atoms with Gasteiger partial charge in [-0.05, 0) is 29.8 Å². The SMILES string of the molecule is Nc1cnc(Cl)nc1Sc1cccc(F)c1. The normalized spacial score (nSPS) is 10.4. The highest BCUT2D eigenvalue weighted by Crippen LogP contribution is 2.30. The lowest BCUT2D eigenvalue weighted by Crippen LogP contribution is -1.94. The summed E-state index contributed by atoms with van der Waals surface area (Å²) < 4.78 is 12.9. The zero-order valence-corrected chi connectivity index (χ0v) is 9.60. The van der Waals surface area contributed by atoms with Gasteiger partial charge in [-0.25, -0.2) is 14.4 Å². The Morgan fingerprint density at radius 3 is 2.94 bits per heavy atom. The topological polar surface area (TPSA) is 51.8 Å². The number of nitrogens with zero attached hydrogens (tertiary/aromatic N) is 2. The van der Waals surface area contributed by atoms with Gasteiger partial charge in [0.25, 0.3) is 0 Å². The fourth-order valence-corrected chi connectivity index (χ4v) is 2.11. The maximum Gasteiger partial charge on any atom is 0.223 e. The van der Waals surface area contributed by atoms with Gasteiger partial charge in [-0.15, -0.1) is 0 Å². The van der Waals surface area contributed by atoms with Crippen LogP contribution in [-0.4, -0.2) is 9.97 Å². The van der Waals surface area contributed by atoms with Crippen LogP contribution < -0.4 is 5.73 Å². The van der Waals surface area contributed by atoms with Crippen molar-refractivity contribution >= 4 is 29.1 Å². The molecule has 6 heteroatoms. The molecule has 0 amide bonds. The van der Waals surface area contributed by atoms with Crippen LogP contribution in [0.4, 0.5) is 10.1 Å². The molecule has 0 spiro atoms. The fraction of sp³-hybridized carbons (Fsp3) is 0. The van der Waals surface area contributed by atoms with Crippen molar-refractivity contribution in [2.75, 3.05) is 5.73 Å². The van der Waals surface area contributed by atoms with Crippen LogP contribution in [0.1, 0.15) is 0 Å². The van der Waals surface area contributed by atoms with Crippen LogP contribution in [0.15, 0.2) is 40.4 Å². The number of hydrogen-bond acceptors (Lipinski definition) is 4. The molecular weight excluding hydrogens is 249 g/mol. The Hall–Kier alpha value is -1.33. The number of hydrogen-bond donors (Lipinski definition) is 1. The number of rotatable bonds is 2. The third kappa shape index (κ3) is 2.62. The second-order valence-corrected chi connectivity index (χ2v) is 4.36. The van der Waals surface area contributed by atoms with Crippen molar-refractivity contribution in [1.29, 1.82) is 0 Å². The van der Waals surface area contributed by atoms with Crippen LogP contribution in [0.25, 0.3) is 0 Å². The first-order chi connectivity index (χ1) is 7.65. The van der Waals surface area contributed by atoms with Gasteiger partial charge in [0.1, 0.15) is 10.8 Å². The Kier molecular flexibility index (Phi) is 3.26. The standard InChI is InChI=1S/C10H7ClFN3S/c11-10-14-5-8(13)9(15-10)16-7-3-1-2-6(12)4-7/h1-5H,13H2. The third-order valence-corrected chi connectivity index (χ3v) is 2.95. The Morgan fingerprint density at radius 2 is 2.19 bits per heavy atom. The summed E-state index contributed by atoms with van der Waals surface area (Å²) in [5.74, 6) is -0.302. The summed E-state index contributed by atoms with van der Waals surface area (Å²) in [6, 6.07) is 6.17. The molecule has 0 aliphatic rings. The van der Waals surface area contributed by atoms with Gasteiger partial charge in [-0.3, -0.25) is 0 Å². The quantitative estimate of drug-likeness (QED) is 0.662. The van der Waals surface area contributed by atoms with Crippen molar-refractivity contribution in [3.63, 3.8) is 0 Å². The minimum atomic E-state index is -0.302. The summed E-state index contributed by atoms with van der Waals surface area (Å²) in [5, 5.41) is 0.638. The molecule has 0 radical (unpaired) electrons. The van der Waals surface area contributed by atoms with Crippen molar-refractivity contribution in [3.05, 3.63) is 41.6 Å². The molecule has 0 unspecified atom stereocenters. The summed E-state index contributed by atoms with van der Waals surface area (Å²) in [7, 11) is 0. The molecule has 0 atom stereocenters. The van der Waals surface area contributed by atoms with Gasteiger partial charge in [0, 0.05) is 4.90 Å². The molecule has 0 aliphatic carbocycles. The van der Waals surface area contributed by atoms with Crippen molar-refractivity contribution in [2.45, 2.75) is 9.92 Å². The minimum Gasteiger partial charge on any atom is -0.395 e. The largest absolute Gasteiger partial charge is 0.395 e. The van der Waals surface area contributed by atoms with Gasteiger partial charge in [0.15, 0.2) is 0 Å². The molecule has 1 heterocycles. The number of halogens is 2. The Balaban J connectivity index is 2.30. The molecule has 2 N–H and O–H groups in total. The number of nitrogen functional groups attached to an aromatic ring is 1. The lowest BCUT2D eigenvalue weighted by atomic mass is 10.4. The van der Waals surface area contributed by atoms with Gasteiger partial charge < -0.3 is 5.73 Å². The van der Waals surface area contributed by atoms with Crippen LogP contribution in [0.2, 0.25) is 5.28 Å². The van der Waals surface area contributed by atoms with Crippen LogP contribution >= 0.6 is 23.4 Å². The first-order valence-electron chi connectivity index (χ1n) is 4.36. The second-order valence-electron chi connectivity index (χ2n) is 2.96. The van der Waals surface area contributed by atoms with Crippen molar-refractivity contribution < 1.29 is 4.39 Å². The number of aromatic nitrogens is 2. The van der Waals surface area contributed by atoms with E-state index in [1.54, 1.807) is 12.1 Å². The van der Waals surface area contributed by atoms with E-state index in [-0.39, 0.29) is 11.1 Å². The van der Waals surface area contributed by atoms with Gasteiger partial charge in [-0.2, -0.15) is 0 Å². The first-order valence-corrected chi connectivity index (χ1v) is 5.56. The van der Waals surface area contributed by atoms with Gasteiger partial charge in [0.05, 0.1) is 11.9 Å². The Morgan fingerprint density at radius 1 is 1.38 bits per heavy atom. The molecule has 0 fully saturated rings. The van der Waals surface area contributed by atoms with Crippen molar-refractivity contribution in [3.8, 4) is 0 Å². The zero-order chi connectivity index (χ0) is 11.5. The van der Waals surface area contributed by atoms with E-state index in [1.165, 1.54) is 30.1 Å². The molecule has 82 valence electrons. The molecule has 2 rings (SSSR count). The highest BCUT2D eigenvalue weighted by Gasteiger charge is 2.06. The van der Waals surface area contributed by atoms with E-state index in [0.717, 1.165) is 0 Å². The first kappa shape index (κ1) is 11.2. The monoisotopic (exact) mass is 255 g/mol. The van der Waals surface area contributed by atoms with E-state index >= 15 is 0 Å². The van der Waals surface area contributed by atoms with E-state index in [4.69, 9.17) is 17.3 Å². The van der Waals surface area contributed by atoms with Gasteiger partial charge in [-0.1, -0.05) is 17.8 Å². The maximum atomic E-state index is 12.9. The average Bonchev–Trinajstić information content (AvgIpc) is 2.24. The molecule has 0 aliphatic heterocycles. The van der Waals surface area contributed by atoms with Crippen LogP contribution in [0.3, 0.4) is 0 Å². The fourth-order valence-electron chi connectivity index (χ4n) is 1.08. The highest BCUT2D eigenvalue weighted by molar-refractivity contribution is 7.99. The summed E-state index contributed by atoms with van der Waals surface area (Å²) in [4.78, 5) is 8.42. The molecular formula is C10H7ClFN3S.